The highest BCUT2D eigenvalue weighted by atomic mass is 19.1. The Hall–Kier alpha value is -1.46. The van der Waals surface area contributed by atoms with Crippen molar-refractivity contribution in [3.63, 3.8) is 0 Å². The van der Waals surface area contributed by atoms with Gasteiger partial charge < -0.3 is 9.64 Å². The minimum absolute atomic E-state index is 0.0600. The number of benzene rings is 1. The summed E-state index contributed by atoms with van der Waals surface area (Å²) >= 11 is 0. The number of hydrogen-bond donors (Lipinski definition) is 0. The lowest BCUT2D eigenvalue weighted by atomic mass is 10.0. The molecule has 3 aliphatic rings. The Balaban J connectivity index is 1.49. The summed E-state index contributed by atoms with van der Waals surface area (Å²) in [5, 5.41) is 0. The van der Waals surface area contributed by atoms with E-state index in [4.69, 9.17) is 4.74 Å². The number of ether oxygens (including phenoxy) is 1. The van der Waals surface area contributed by atoms with Crippen LogP contribution in [0, 0.1) is 18.7 Å². The highest BCUT2D eigenvalue weighted by molar-refractivity contribution is 5.95. The number of carbonyl (C=O) groups is 1. The fourth-order valence-corrected chi connectivity index (χ4v) is 3.94. The second-order valence-corrected chi connectivity index (χ2v) is 7.04. The fraction of sp³-hybridized carbons (Fsp3) is 0.611. The van der Waals surface area contributed by atoms with E-state index in [0.29, 0.717) is 31.3 Å². The molecule has 0 aromatic heterocycles. The summed E-state index contributed by atoms with van der Waals surface area (Å²) in [6.07, 6.45) is 2.62. The lowest BCUT2D eigenvalue weighted by molar-refractivity contribution is -0.0816. The van der Waals surface area contributed by atoms with E-state index in [-0.39, 0.29) is 17.8 Å². The number of halogens is 1. The lowest BCUT2D eigenvalue weighted by Gasteiger charge is -2.48. The van der Waals surface area contributed by atoms with Gasteiger partial charge in [0.05, 0.1) is 19.3 Å². The molecular weight excluding hydrogens is 295 g/mol. The van der Waals surface area contributed by atoms with Gasteiger partial charge in [0.1, 0.15) is 5.82 Å². The first kappa shape index (κ1) is 15.1. The van der Waals surface area contributed by atoms with Crippen LogP contribution in [0.4, 0.5) is 4.39 Å². The number of fused-ring (bicyclic) bond motifs is 1. The molecule has 1 amide bonds. The number of carbonyl (C=O) groups excluding carboxylic acids is 1. The van der Waals surface area contributed by atoms with E-state index in [0.717, 1.165) is 24.6 Å². The van der Waals surface area contributed by atoms with E-state index in [1.807, 2.05) is 11.8 Å². The zero-order valence-electron chi connectivity index (χ0n) is 13.5. The molecule has 0 spiro atoms. The number of nitrogens with zero attached hydrogens (tertiary/aromatic N) is 2. The Morgan fingerprint density at radius 2 is 2.09 bits per heavy atom. The maximum absolute atomic E-state index is 13.5. The number of rotatable bonds is 2. The molecule has 0 unspecified atom stereocenters. The molecular formula is C18H23FN2O2. The molecule has 1 aliphatic carbocycles. The van der Waals surface area contributed by atoms with Gasteiger partial charge in [0, 0.05) is 31.2 Å². The number of amides is 1. The van der Waals surface area contributed by atoms with Gasteiger partial charge >= 0.3 is 0 Å². The van der Waals surface area contributed by atoms with Gasteiger partial charge in [-0.15, -0.1) is 0 Å². The van der Waals surface area contributed by atoms with Crippen LogP contribution in [0.1, 0.15) is 28.8 Å². The molecule has 124 valence electrons. The van der Waals surface area contributed by atoms with Gasteiger partial charge in [-0.1, -0.05) is 6.07 Å². The third-order valence-corrected chi connectivity index (χ3v) is 5.44. The summed E-state index contributed by atoms with van der Waals surface area (Å²) in [5.41, 5.74) is 1.31. The maximum Gasteiger partial charge on any atom is 0.254 e. The monoisotopic (exact) mass is 318 g/mol. The summed E-state index contributed by atoms with van der Waals surface area (Å²) in [6.45, 7) is 5.67. The minimum Gasteiger partial charge on any atom is -0.378 e. The molecule has 2 aliphatic heterocycles. The molecule has 4 nitrogen and oxygen atoms in total. The Labute approximate surface area is 136 Å². The zero-order valence-corrected chi connectivity index (χ0v) is 13.5. The van der Waals surface area contributed by atoms with Gasteiger partial charge in [-0.3, -0.25) is 9.69 Å². The normalized spacial score (nSPS) is 28.5. The van der Waals surface area contributed by atoms with Gasteiger partial charge in [-0.25, -0.2) is 4.39 Å². The predicted octanol–water partition coefficient (Wildman–Crippen LogP) is 2.07. The number of morpholine rings is 1. The highest BCUT2D eigenvalue weighted by Crippen LogP contribution is 2.38. The maximum atomic E-state index is 13.5. The molecule has 0 radical (unpaired) electrons. The van der Waals surface area contributed by atoms with E-state index in [1.165, 1.54) is 25.0 Å². The molecule has 0 bridgehead atoms. The molecule has 1 aromatic rings. The van der Waals surface area contributed by atoms with Crippen molar-refractivity contribution in [2.45, 2.75) is 31.8 Å². The molecule has 2 heterocycles. The van der Waals surface area contributed by atoms with E-state index in [2.05, 4.69) is 4.90 Å². The van der Waals surface area contributed by atoms with Crippen LogP contribution in [-0.4, -0.2) is 60.6 Å². The standard InChI is InChI=1S/C18H23FN2O2/c1-12-2-5-14(19)8-16(12)18(22)20-6-7-21-15(9-20)10-23-11-17(21)13-3-4-13/h2,5,8,13,15,17H,3-4,6-7,9-11H2,1H3/t15-,17-/m1/s1. The molecule has 1 aromatic carbocycles. The van der Waals surface area contributed by atoms with E-state index in [1.54, 1.807) is 6.07 Å². The van der Waals surface area contributed by atoms with Crippen LogP contribution in [0.15, 0.2) is 18.2 Å². The predicted molar refractivity (Wildman–Crippen MR) is 84.9 cm³/mol. The first-order chi connectivity index (χ1) is 11.1. The van der Waals surface area contributed by atoms with Crippen LogP contribution in [0.3, 0.4) is 0 Å². The van der Waals surface area contributed by atoms with E-state index >= 15 is 0 Å². The molecule has 1 saturated carbocycles. The first-order valence-corrected chi connectivity index (χ1v) is 8.52. The van der Waals surface area contributed by atoms with E-state index in [9.17, 15) is 9.18 Å². The average molecular weight is 318 g/mol. The van der Waals surface area contributed by atoms with Crippen molar-refractivity contribution < 1.29 is 13.9 Å². The molecule has 4 rings (SSSR count). The summed E-state index contributed by atoms with van der Waals surface area (Å²) in [4.78, 5) is 17.2. The Bertz CT molecular complexity index is 617. The van der Waals surface area contributed by atoms with Crippen molar-refractivity contribution in [2.24, 2.45) is 5.92 Å². The fourth-order valence-electron chi connectivity index (χ4n) is 3.94. The van der Waals surface area contributed by atoms with Crippen molar-refractivity contribution >= 4 is 5.91 Å². The molecule has 2 saturated heterocycles. The Kier molecular flexibility index (Phi) is 3.85. The second-order valence-electron chi connectivity index (χ2n) is 7.04. The van der Waals surface area contributed by atoms with E-state index < -0.39 is 0 Å². The van der Waals surface area contributed by atoms with Crippen LogP contribution >= 0.6 is 0 Å². The van der Waals surface area contributed by atoms with Crippen molar-refractivity contribution in [3.8, 4) is 0 Å². The van der Waals surface area contributed by atoms with Crippen LogP contribution in [0.2, 0.25) is 0 Å². The van der Waals surface area contributed by atoms with Gasteiger partial charge in [0.15, 0.2) is 0 Å². The lowest BCUT2D eigenvalue weighted by Crippen LogP contribution is -2.63. The molecule has 0 N–H and O–H groups in total. The largest absolute Gasteiger partial charge is 0.378 e. The number of hydrogen-bond acceptors (Lipinski definition) is 3. The minimum atomic E-state index is -0.354. The summed E-state index contributed by atoms with van der Waals surface area (Å²) in [5.74, 6) is 0.369. The number of piperazine rings is 1. The Morgan fingerprint density at radius 3 is 2.87 bits per heavy atom. The van der Waals surface area contributed by atoms with Gasteiger partial charge in [0.2, 0.25) is 0 Å². The second kappa shape index (κ2) is 5.87. The Morgan fingerprint density at radius 1 is 1.26 bits per heavy atom. The van der Waals surface area contributed by atoms with Crippen LogP contribution in [-0.2, 0) is 4.74 Å². The summed E-state index contributed by atoms with van der Waals surface area (Å²) < 4.78 is 19.3. The third kappa shape index (κ3) is 2.88. The average Bonchev–Trinajstić information content (AvgIpc) is 3.40. The van der Waals surface area contributed by atoms with Crippen molar-refractivity contribution in [3.05, 3.63) is 35.1 Å². The number of aryl methyl sites for hydroxylation is 1. The van der Waals surface area contributed by atoms with Crippen molar-refractivity contribution in [1.29, 1.82) is 0 Å². The van der Waals surface area contributed by atoms with Crippen LogP contribution in [0.5, 0.6) is 0 Å². The van der Waals surface area contributed by atoms with Crippen LogP contribution in [0.25, 0.3) is 0 Å². The van der Waals surface area contributed by atoms with Gasteiger partial charge in [-0.2, -0.15) is 0 Å². The topological polar surface area (TPSA) is 32.8 Å². The summed E-state index contributed by atoms with van der Waals surface area (Å²) in [6, 6.07) is 5.24. The van der Waals surface area contributed by atoms with Crippen molar-refractivity contribution in [1.82, 2.24) is 9.80 Å². The smallest absolute Gasteiger partial charge is 0.254 e. The molecule has 23 heavy (non-hydrogen) atoms. The van der Waals surface area contributed by atoms with Gasteiger partial charge in [-0.05, 0) is 43.4 Å². The summed E-state index contributed by atoms with van der Waals surface area (Å²) in [7, 11) is 0. The zero-order chi connectivity index (χ0) is 16.0. The van der Waals surface area contributed by atoms with Crippen molar-refractivity contribution in [2.75, 3.05) is 32.8 Å². The first-order valence-electron chi connectivity index (χ1n) is 8.52. The quantitative estimate of drug-likeness (QED) is 0.837. The highest BCUT2D eigenvalue weighted by Gasteiger charge is 2.43. The SMILES string of the molecule is Cc1ccc(F)cc1C(=O)N1CCN2[C@@H](COC[C@@H]2C2CC2)C1. The third-order valence-electron chi connectivity index (χ3n) is 5.44. The molecule has 3 fully saturated rings. The van der Waals surface area contributed by atoms with Gasteiger partial charge in [0.25, 0.3) is 5.91 Å². The molecule has 2 atom stereocenters. The molecule has 5 heteroatoms. The van der Waals surface area contributed by atoms with Crippen LogP contribution < -0.4 is 0 Å².